The van der Waals surface area contributed by atoms with Crippen LogP contribution in [-0.4, -0.2) is 49.9 Å². The minimum atomic E-state index is -0.205. The molecule has 0 radical (unpaired) electrons. The van der Waals surface area contributed by atoms with E-state index in [1.807, 2.05) is 30.7 Å². The van der Waals surface area contributed by atoms with Gasteiger partial charge in [0.25, 0.3) is 0 Å². The highest BCUT2D eigenvalue weighted by Gasteiger charge is 2.38. The van der Waals surface area contributed by atoms with Gasteiger partial charge in [0.05, 0.1) is 5.92 Å². The Hall–Kier alpha value is -1.59. The molecule has 2 saturated heterocycles. The van der Waals surface area contributed by atoms with Crippen molar-refractivity contribution < 1.29 is 9.59 Å². The Balaban J connectivity index is 0.00000261. The number of likely N-dealkylation sites (tertiary alicyclic amines) is 1. The normalized spacial score (nSPS) is 20.7. The van der Waals surface area contributed by atoms with Crippen molar-refractivity contribution in [2.45, 2.75) is 40.0 Å². The molecule has 2 heterocycles. The lowest BCUT2D eigenvalue weighted by molar-refractivity contribution is -0.137. The number of rotatable bonds is 4. The number of carbonyl (C=O) groups is 2. The summed E-state index contributed by atoms with van der Waals surface area (Å²) in [7, 11) is 1.98. The summed E-state index contributed by atoms with van der Waals surface area (Å²) >= 11 is 0. The summed E-state index contributed by atoms with van der Waals surface area (Å²) in [6, 6.07) is 4.22. The van der Waals surface area contributed by atoms with Crippen LogP contribution >= 0.6 is 12.4 Å². The molecule has 1 aromatic rings. The number of halogens is 1. The van der Waals surface area contributed by atoms with Gasteiger partial charge >= 0.3 is 0 Å². The molecule has 0 aliphatic carbocycles. The molecule has 27 heavy (non-hydrogen) atoms. The number of anilines is 1. The Labute approximate surface area is 168 Å². The number of nitrogens with one attached hydrogen (secondary N) is 1. The molecule has 3 rings (SSSR count). The van der Waals surface area contributed by atoms with Crippen molar-refractivity contribution in [3.63, 3.8) is 0 Å². The van der Waals surface area contributed by atoms with Gasteiger partial charge in [0, 0.05) is 31.7 Å². The van der Waals surface area contributed by atoms with Crippen molar-refractivity contribution in [2.75, 3.05) is 38.1 Å². The first-order chi connectivity index (χ1) is 12.4. The van der Waals surface area contributed by atoms with Crippen LogP contribution in [0, 0.1) is 32.6 Å². The van der Waals surface area contributed by atoms with Gasteiger partial charge in [-0.2, -0.15) is 0 Å². The van der Waals surface area contributed by atoms with Gasteiger partial charge in [-0.15, -0.1) is 12.4 Å². The lowest BCUT2D eigenvalue weighted by atomic mass is 9.95. The predicted molar refractivity (Wildman–Crippen MR) is 112 cm³/mol. The van der Waals surface area contributed by atoms with Gasteiger partial charge < -0.3 is 15.1 Å². The van der Waals surface area contributed by atoms with E-state index in [9.17, 15) is 9.59 Å². The van der Waals surface area contributed by atoms with Gasteiger partial charge in [-0.25, -0.2) is 0 Å². The highest BCUT2D eigenvalue weighted by molar-refractivity contribution is 6.01. The SMILES string of the molecule is CNCC1CCN(C(=O)C2CC(=O)N(c3c(C)cc(C)cc3C)C2)CC1.Cl. The monoisotopic (exact) mass is 393 g/mol. The van der Waals surface area contributed by atoms with Crippen LogP contribution in [0.15, 0.2) is 12.1 Å². The molecule has 2 amide bonds. The number of nitrogens with zero attached hydrogens (tertiary/aromatic N) is 2. The second-order valence-corrected chi connectivity index (χ2v) is 7.98. The molecule has 2 aliphatic heterocycles. The number of hydrogen-bond acceptors (Lipinski definition) is 3. The average Bonchev–Trinajstić information content (AvgIpc) is 2.96. The van der Waals surface area contributed by atoms with E-state index < -0.39 is 0 Å². The Kier molecular flexibility index (Phi) is 7.29. The first-order valence-corrected chi connectivity index (χ1v) is 9.72. The summed E-state index contributed by atoms with van der Waals surface area (Å²) in [4.78, 5) is 29.4. The molecule has 2 fully saturated rings. The molecule has 0 spiro atoms. The van der Waals surface area contributed by atoms with E-state index in [0.29, 0.717) is 18.9 Å². The Morgan fingerprint density at radius 1 is 1.15 bits per heavy atom. The molecule has 5 nitrogen and oxygen atoms in total. The van der Waals surface area contributed by atoms with Crippen molar-refractivity contribution in [1.82, 2.24) is 10.2 Å². The van der Waals surface area contributed by atoms with Crippen molar-refractivity contribution in [3.05, 3.63) is 28.8 Å². The van der Waals surface area contributed by atoms with Gasteiger partial charge in [-0.3, -0.25) is 9.59 Å². The highest BCUT2D eigenvalue weighted by Crippen LogP contribution is 2.33. The maximum atomic E-state index is 12.9. The molecule has 0 bridgehead atoms. The number of aryl methyl sites for hydroxylation is 3. The largest absolute Gasteiger partial charge is 0.342 e. The molecule has 6 heteroatoms. The van der Waals surface area contributed by atoms with E-state index in [1.165, 1.54) is 5.56 Å². The third kappa shape index (κ3) is 4.64. The smallest absolute Gasteiger partial charge is 0.228 e. The quantitative estimate of drug-likeness (QED) is 0.855. The standard InChI is InChI=1S/C21H31N3O2.ClH/c1-14-9-15(2)20(16(3)10-14)24-13-18(11-19(24)25)21(26)23-7-5-17(6-8-23)12-22-4;/h9-10,17-18,22H,5-8,11-13H2,1-4H3;1H. The summed E-state index contributed by atoms with van der Waals surface area (Å²) < 4.78 is 0. The van der Waals surface area contributed by atoms with E-state index in [-0.39, 0.29) is 30.1 Å². The fourth-order valence-corrected chi connectivity index (χ4v) is 4.59. The van der Waals surface area contributed by atoms with Crippen molar-refractivity contribution >= 4 is 29.9 Å². The van der Waals surface area contributed by atoms with Crippen LogP contribution in [0.4, 0.5) is 5.69 Å². The first-order valence-electron chi connectivity index (χ1n) is 9.72. The van der Waals surface area contributed by atoms with Crippen LogP contribution < -0.4 is 10.2 Å². The average molecular weight is 394 g/mol. The second-order valence-electron chi connectivity index (χ2n) is 7.98. The lowest BCUT2D eigenvalue weighted by Crippen LogP contribution is -2.43. The first kappa shape index (κ1) is 21.7. The Morgan fingerprint density at radius 2 is 1.74 bits per heavy atom. The summed E-state index contributed by atoms with van der Waals surface area (Å²) in [6.07, 6.45) is 2.43. The number of carbonyl (C=O) groups excluding carboxylic acids is 2. The minimum Gasteiger partial charge on any atom is -0.342 e. The van der Waals surface area contributed by atoms with E-state index in [1.54, 1.807) is 0 Å². The maximum Gasteiger partial charge on any atom is 0.228 e. The van der Waals surface area contributed by atoms with Crippen LogP contribution in [0.5, 0.6) is 0 Å². The van der Waals surface area contributed by atoms with Crippen LogP contribution in [-0.2, 0) is 9.59 Å². The van der Waals surface area contributed by atoms with E-state index >= 15 is 0 Å². The summed E-state index contributed by atoms with van der Waals surface area (Å²) in [5, 5.41) is 3.23. The fraction of sp³-hybridized carbons (Fsp3) is 0.619. The van der Waals surface area contributed by atoms with Crippen LogP contribution in [0.1, 0.15) is 36.0 Å². The zero-order chi connectivity index (χ0) is 18.8. The van der Waals surface area contributed by atoms with Gasteiger partial charge in [0.2, 0.25) is 11.8 Å². The Bertz CT molecular complexity index is 676. The second kappa shape index (κ2) is 9.07. The zero-order valence-corrected chi connectivity index (χ0v) is 17.7. The molecule has 0 saturated carbocycles. The third-order valence-corrected chi connectivity index (χ3v) is 5.80. The van der Waals surface area contributed by atoms with Crippen molar-refractivity contribution in [2.24, 2.45) is 11.8 Å². The van der Waals surface area contributed by atoms with Crippen LogP contribution in [0.2, 0.25) is 0 Å². The number of piperidine rings is 1. The van der Waals surface area contributed by atoms with Gasteiger partial charge in [-0.1, -0.05) is 17.7 Å². The molecule has 1 aromatic carbocycles. The van der Waals surface area contributed by atoms with Gasteiger partial charge in [0.15, 0.2) is 0 Å². The summed E-state index contributed by atoms with van der Waals surface area (Å²) in [5.74, 6) is 0.682. The molecule has 150 valence electrons. The highest BCUT2D eigenvalue weighted by atomic mass is 35.5. The Morgan fingerprint density at radius 3 is 2.30 bits per heavy atom. The molecular weight excluding hydrogens is 362 g/mol. The van der Waals surface area contributed by atoms with Crippen molar-refractivity contribution in [1.29, 1.82) is 0 Å². The minimum absolute atomic E-state index is 0. The molecule has 1 atom stereocenters. The third-order valence-electron chi connectivity index (χ3n) is 5.80. The summed E-state index contributed by atoms with van der Waals surface area (Å²) in [6.45, 7) is 9.33. The fourth-order valence-electron chi connectivity index (χ4n) is 4.59. The van der Waals surface area contributed by atoms with Crippen LogP contribution in [0.3, 0.4) is 0 Å². The summed E-state index contributed by atoms with van der Waals surface area (Å²) in [5.41, 5.74) is 4.41. The van der Waals surface area contributed by atoms with Gasteiger partial charge in [0.1, 0.15) is 0 Å². The van der Waals surface area contributed by atoms with E-state index in [4.69, 9.17) is 0 Å². The topological polar surface area (TPSA) is 52.7 Å². The zero-order valence-electron chi connectivity index (χ0n) is 16.9. The van der Waals surface area contributed by atoms with E-state index in [0.717, 1.165) is 49.3 Å². The molecule has 1 N–H and O–H groups in total. The lowest BCUT2D eigenvalue weighted by Gasteiger charge is -2.33. The van der Waals surface area contributed by atoms with Crippen LogP contribution in [0.25, 0.3) is 0 Å². The number of benzene rings is 1. The predicted octanol–water partition coefficient (Wildman–Crippen LogP) is 2.84. The van der Waals surface area contributed by atoms with E-state index in [2.05, 4.69) is 24.4 Å². The maximum absolute atomic E-state index is 12.9. The number of hydrogen-bond donors (Lipinski definition) is 1. The molecular formula is C21H32ClN3O2. The number of amides is 2. The molecule has 0 aromatic heterocycles. The van der Waals surface area contributed by atoms with Crippen molar-refractivity contribution in [3.8, 4) is 0 Å². The molecule has 1 unspecified atom stereocenters. The molecule has 2 aliphatic rings. The van der Waals surface area contributed by atoms with Gasteiger partial charge in [-0.05, 0) is 64.3 Å².